The Morgan fingerprint density at radius 2 is 1.95 bits per heavy atom. The predicted molar refractivity (Wildman–Crippen MR) is 69.4 cm³/mol. The number of aromatic carboxylic acids is 1. The molecule has 0 radical (unpaired) electrons. The van der Waals surface area contributed by atoms with Crippen molar-refractivity contribution in [1.82, 2.24) is 0 Å². The molecule has 3 rings (SSSR count). The molecule has 4 nitrogen and oxygen atoms in total. The SMILES string of the molecule is O=C(O)c1cccc(C2(C3CCOCC3)COC2)c1. The van der Waals surface area contributed by atoms with E-state index in [0.29, 0.717) is 24.7 Å². The van der Waals surface area contributed by atoms with Gasteiger partial charge in [-0.3, -0.25) is 0 Å². The molecule has 0 amide bonds. The minimum Gasteiger partial charge on any atom is -0.478 e. The van der Waals surface area contributed by atoms with Gasteiger partial charge >= 0.3 is 5.97 Å². The smallest absolute Gasteiger partial charge is 0.335 e. The third-order valence-corrected chi connectivity index (χ3v) is 4.41. The van der Waals surface area contributed by atoms with Gasteiger partial charge in [0.25, 0.3) is 0 Å². The van der Waals surface area contributed by atoms with Crippen LogP contribution < -0.4 is 0 Å². The number of benzene rings is 1. The third-order valence-electron chi connectivity index (χ3n) is 4.41. The van der Waals surface area contributed by atoms with E-state index < -0.39 is 5.97 Å². The average Bonchev–Trinajstić information content (AvgIpc) is 2.39. The van der Waals surface area contributed by atoms with Crippen LogP contribution in [0.3, 0.4) is 0 Å². The minimum absolute atomic E-state index is 0.00472. The van der Waals surface area contributed by atoms with E-state index in [-0.39, 0.29) is 5.41 Å². The van der Waals surface area contributed by atoms with Crippen LogP contribution in [0.4, 0.5) is 0 Å². The molecule has 1 aromatic rings. The van der Waals surface area contributed by atoms with Gasteiger partial charge in [-0.1, -0.05) is 12.1 Å². The highest BCUT2D eigenvalue weighted by Crippen LogP contribution is 2.44. The van der Waals surface area contributed by atoms with E-state index in [1.807, 2.05) is 12.1 Å². The Morgan fingerprint density at radius 1 is 1.21 bits per heavy atom. The molecule has 1 N–H and O–H groups in total. The van der Waals surface area contributed by atoms with Gasteiger partial charge in [0.1, 0.15) is 0 Å². The fourth-order valence-corrected chi connectivity index (χ4v) is 3.17. The second kappa shape index (κ2) is 4.94. The zero-order valence-corrected chi connectivity index (χ0v) is 10.8. The Bertz CT molecular complexity index is 473. The van der Waals surface area contributed by atoms with Crippen molar-refractivity contribution >= 4 is 5.97 Å². The summed E-state index contributed by atoms with van der Waals surface area (Å²) in [7, 11) is 0. The van der Waals surface area contributed by atoms with E-state index in [1.165, 1.54) is 0 Å². The summed E-state index contributed by atoms with van der Waals surface area (Å²) in [5, 5.41) is 9.12. The average molecular weight is 262 g/mol. The topological polar surface area (TPSA) is 55.8 Å². The lowest BCUT2D eigenvalue weighted by Crippen LogP contribution is -2.53. The molecule has 2 saturated heterocycles. The molecular weight excluding hydrogens is 244 g/mol. The summed E-state index contributed by atoms with van der Waals surface area (Å²) >= 11 is 0. The lowest BCUT2D eigenvalue weighted by atomic mass is 9.65. The zero-order valence-electron chi connectivity index (χ0n) is 10.8. The van der Waals surface area contributed by atoms with Gasteiger partial charge in [-0.25, -0.2) is 4.79 Å². The van der Waals surface area contributed by atoms with Gasteiger partial charge < -0.3 is 14.6 Å². The van der Waals surface area contributed by atoms with Crippen molar-refractivity contribution in [3.05, 3.63) is 35.4 Å². The normalized spacial score (nSPS) is 22.7. The highest BCUT2D eigenvalue weighted by molar-refractivity contribution is 5.87. The number of carbonyl (C=O) groups is 1. The fraction of sp³-hybridized carbons (Fsp3) is 0.533. The van der Waals surface area contributed by atoms with Crippen molar-refractivity contribution in [2.24, 2.45) is 5.92 Å². The van der Waals surface area contributed by atoms with Crippen molar-refractivity contribution in [3.8, 4) is 0 Å². The maximum atomic E-state index is 11.1. The van der Waals surface area contributed by atoms with Gasteiger partial charge in [0.05, 0.1) is 18.8 Å². The molecule has 2 aliphatic heterocycles. The van der Waals surface area contributed by atoms with Crippen LogP contribution in [0.1, 0.15) is 28.8 Å². The number of hydrogen-bond acceptors (Lipinski definition) is 3. The molecule has 0 atom stereocenters. The van der Waals surface area contributed by atoms with E-state index in [9.17, 15) is 4.79 Å². The van der Waals surface area contributed by atoms with Gasteiger partial charge in [-0.2, -0.15) is 0 Å². The quantitative estimate of drug-likeness (QED) is 0.906. The van der Waals surface area contributed by atoms with Crippen molar-refractivity contribution < 1.29 is 19.4 Å². The molecule has 2 heterocycles. The van der Waals surface area contributed by atoms with Crippen LogP contribution >= 0.6 is 0 Å². The first kappa shape index (κ1) is 12.6. The number of ether oxygens (including phenoxy) is 2. The zero-order chi connectivity index (χ0) is 13.3. The summed E-state index contributed by atoms with van der Waals surface area (Å²) in [5.74, 6) is -0.344. The van der Waals surface area contributed by atoms with Crippen LogP contribution in [0, 0.1) is 5.92 Å². The van der Waals surface area contributed by atoms with E-state index in [0.717, 1.165) is 31.6 Å². The van der Waals surface area contributed by atoms with Crippen LogP contribution in [0.15, 0.2) is 24.3 Å². The summed E-state index contributed by atoms with van der Waals surface area (Å²) < 4.78 is 10.9. The molecule has 0 saturated carbocycles. The van der Waals surface area contributed by atoms with E-state index in [1.54, 1.807) is 12.1 Å². The summed E-state index contributed by atoms with van der Waals surface area (Å²) in [6, 6.07) is 7.31. The maximum Gasteiger partial charge on any atom is 0.335 e. The summed E-state index contributed by atoms with van der Waals surface area (Å²) in [6.07, 6.45) is 2.06. The monoisotopic (exact) mass is 262 g/mol. The van der Waals surface area contributed by atoms with Crippen LogP contribution in [0.2, 0.25) is 0 Å². The first-order valence-electron chi connectivity index (χ1n) is 6.72. The minimum atomic E-state index is -0.871. The molecule has 4 heteroatoms. The lowest BCUT2D eigenvalue weighted by molar-refractivity contribution is -0.111. The Morgan fingerprint density at radius 3 is 2.53 bits per heavy atom. The number of hydrogen-bond donors (Lipinski definition) is 1. The van der Waals surface area contributed by atoms with Crippen LogP contribution in [0.5, 0.6) is 0 Å². The molecule has 2 fully saturated rings. The van der Waals surface area contributed by atoms with Gasteiger partial charge in [0.2, 0.25) is 0 Å². The van der Waals surface area contributed by atoms with E-state index in [4.69, 9.17) is 14.6 Å². The predicted octanol–water partition coefficient (Wildman–Crippen LogP) is 2.08. The van der Waals surface area contributed by atoms with Crippen molar-refractivity contribution in [2.45, 2.75) is 18.3 Å². The highest BCUT2D eigenvalue weighted by atomic mass is 16.5. The Labute approximate surface area is 112 Å². The molecule has 0 aliphatic carbocycles. The number of carboxylic acids is 1. The van der Waals surface area contributed by atoms with Crippen molar-refractivity contribution in [3.63, 3.8) is 0 Å². The number of carboxylic acid groups (broad SMARTS) is 1. The molecule has 2 aliphatic rings. The fourth-order valence-electron chi connectivity index (χ4n) is 3.17. The van der Waals surface area contributed by atoms with Gasteiger partial charge in [0, 0.05) is 18.6 Å². The van der Waals surface area contributed by atoms with E-state index in [2.05, 4.69) is 0 Å². The van der Waals surface area contributed by atoms with Gasteiger partial charge in [0.15, 0.2) is 0 Å². The van der Waals surface area contributed by atoms with Crippen LogP contribution in [-0.4, -0.2) is 37.5 Å². The first-order valence-corrected chi connectivity index (χ1v) is 6.72. The summed E-state index contributed by atoms with van der Waals surface area (Å²) in [6.45, 7) is 2.98. The molecule has 19 heavy (non-hydrogen) atoms. The Hall–Kier alpha value is -1.39. The largest absolute Gasteiger partial charge is 0.478 e. The summed E-state index contributed by atoms with van der Waals surface area (Å²) in [5.41, 5.74) is 1.45. The molecule has 102 valence electrons. The van der Waals surface area contributed by atoms with Crippen molar-refractivity contribution in [1.29, 1.82) is 0 Å². The second-order valence-electron chi connectivity index (χ2n) is 5.42. The molecule has 0 unspecified atom stereocenters. The molecule has 0 spiro atoms. The van der Waals surface area contributed by atoms with E-state index >= 15 is 0 Å². The molecule has 0 aromatic heterocycles. The second-order valence-corrected chi connectivity index (χ2v) is 5.42. The Balaban J connectivity index is 1.92. The van der Waals surface area contributed by atoms with Crippen LogP contribution in [-0.2, 0) is 14.9 Å². The maximum absolute atomic E-state index is 11.1. The lowest BCUT2D eigenvalue weighted by Gasteiger charge is -2.49. The molecule has 1 aromatic carbocycles. The van der Waals surface area contributed by atoms with Gasteiger partial charge in [-0.05, 0) is 36.5 Å². The number of rotatable bonds is 3. The molecule has 0 bridgehead atoms. The highest BCUT2D eigenvalue weighted by Gasteiger charge is 2.47. The standard InChI is InChI=1S/C15H18O4/c16-14(17)11-2-1-3-13(8-11)15(9-19-10-15)12-4-6-18-7-5-12/h1-3,8,12H,4-7,9-10H2,(H,16,17). The van der Waals surface area contributed by atoms with Gasteiger partial charge in [-0.15, -0.1) is 0 Å². The first-order chi connectivity index (χ1) is 9.22. The van der Waals surface area contributed by atoms with Crippen molar-refractivity contribution in [2.75, 3.05) is 26.4 Å². The van der Waals surface area contributed by atoms with Crippen LogP contribution in [0.25, 0.3) is 0 Å². The third kappa shape index (κ3) is 2.15. The Kier molecular flexibility index (Phi) is 3.29. The summed E-state index contributed by atoms with van der Waals surface area (Å²) in [4.78, 5) is 11.1. The molecular formula is C15H18O4.